The molecule has 1 aliphatic heterocycles. The zero-order chi connectivity index (χ0) is 15.9. The molecule has 0 bridgehead atoms. The van der Waals surface area contributed by atoms with E-state index in [0.29, 0.717) is 25.4 Å². The van der Waals surface area contributed by atoms with E-state index in [1.165, 1.54) is 11.3 Å². The van der Waals surface area contributed by atoms with E-state index in [-0.39, 0.29) is 18.5 Å². The smallest absolute Gasteiger partial charge is 0.325 e. The molecule has 22 heavy (non-hydrogen) atoms. The zero-order valence-corrected chi connectivity index (χ0v) is 13.2. The molecule has 2 heterocycles. The molecule has 2 amide bonds. The number of esters is 1. The van der Waals surface area contributed by atoms with Gasteiger partial charge in [0.2, 0.25) is 0 Å². The molecule has 0 saturated carbocycles. The van der Waals surface area contributed by atoms with Crippen molar-refractivity contribution in [2.75, 3.05) is 26.2 Å². The lowest BCUT2D eigenvalue weighted by atomic mass is 9.98. The van der Waals surface area contributed by atoms with Gasteiger partial charge in [0, 0.05) is 24.4 Å². The van der Waals surface area contributed by atoms with E-state index in [1.54, 1.807) is 17.2 Å². The number of urea groups is 1. The van der Waals surface area contributed by atoms with Crippen molar-refractivity contribution in [3.05, 3.63) is 16.1 Å². The number of aldehydes is 1. The fourth-order valence-corrected chi connectivity index (χ4v) is 3.28. The first-order chi connectivity index (χ1) is 10.6. The highest BCUT2D eigenvalue weighted by Crippen LogP contribution is 2.29. The van der Waals surface area contributed by atoms with Gasteiger partial charge in [-0.25, -0.2) is 9.78 Å². The minimum atomic E-state index is -0.435. The highest BCUT2D eigenvalue weighted by Gasteiger charge is 2.25. The Morgan fingerprint density at radius 1 is 1.50 bits per heavy atom. The summed E-state index contributed by atoms with van der Waals surface area (Å²) in [6, 6.07) is -0.251. The number of amides is 2. The molecule has 1 fully saturated rings. The zero-order valence-electron chi connectivity index (χ0n) is 12.4. The molecule has 1 aromatic rings. The predicted molar refractivity (Wildman–Crippen MR) is 81.1 cm³/mol. The van der Waals surface area contributed by atoms with Crippen LogP contribution in [0.4, 0.5) is 4.79 Å². The highest BCUT2D eigenvalue weighted by molar-refractivity contribution is 7.09. The van der Waals surface area contributed by atoms with Gasteiger partial charge in [-0.2, -0.15) is 0 Å². The minimum Gasteiger partial charge on any atom is -0.465 e. The molecule has 1 aliphatic rings. The molecular weight excluding hydrogens is 306 g/mol. The molecule has 0 aromatic carbocycles. The van der Waals surface area contributed by atoms with Crippen LogP contribution in [0.5, 0.6) is 0 Å². The number of piperidine rings is 1. The van der Waals surface area contributed by atoms with Crippen molar-refractivity contribution in [1.82, 2.24) is 15.2 Å². The summed E-state index contributed by atoms with van der Waals surface area (Å²) in [6.07, 6.45) is 2.36. The Hall–Kier alpha value is -1.96. The fraction of sp³-hybridized carbons (Fsp3) is 0.571. The number of carbonyl (C=O) groups excluding carboxylic acids is 3. The Bertz CT molecular complexity index is 538. The summed E-state index contributed by atoms with van der Waals surface area (Å²) in [5, 5.41) is 5.26. The Morgan fingerprint density at radius 3 is 2.82 bits per heavy atom. The summed E-state index contributed by atoms with van der Waals surface area (Å²) in [7, 11) is 0. The number of carbonyl (C=O) groups is 3. The van der Waals surface area contributed by atoms with E-state index in [2.05, 4.69) is 10.3 Å². The third-order valence-electron chi connectivity index (χ3n) is 3.48. The first-order valence-corrected chi connectivity index (χ1v) is 8.11. The van der Waals surface area contributed by atoms with Crippen molar-refractivity contribution in [2.24, 2.45) is 0 Å². The lowest BCUT2D eigenvalue weighted by Crippen LogP contribution is -2.45. The largest absolute Gasteiger partial charge is 0.465 e. The van der Waals surface area contributed by atoms with Gasteiger partial charge in [0.15, 0.2) is 6.29 Å². The lowest BCUT2D eigenvalue weighted by molar-refractivity contribution is -0.141. The van der Waals surface area contributed by atoms with Crippen LogP contribution in [0.25, 0.3) is 0 Å². The van der Waals surface area contributed by atoms with E-state index >= 15 is 0 Å². The van der Waals surface area contributed by atoms with Crippen molar-refractivity contribution >= 4 is 29.6 Å². The third-order valence-corrected chi connectivity index (χ3v) is 4.51. The number of hydrogen-bond acceptors (Lipinski definition) is 6. The van der Waals surface area contributed by atoms with Gasteiger partial charge in [-0.1, -0.05) is 0 Å². The second-order valence-corrected chi connectivity index (χ2v) is 5.84. The summed E-state index contributed by atoms with van der Waals surface area (Å²) in [6.45, 7) is 3.13. The van der Waals surface area contributed by atoms with Crippen LogP contribution in [0.2, 0.25) is 0 Å². The van der Waals surface area contributed by atoms with Gasteiger partial charge in [-0.05, 0) is 19.8 Å². The second kappa shape index (κ2) is 7.88. The van der Waals surface area contributed by atoms with Gasteiger partial charge in [0.1, 0.15) is 12.2 Å². The molecular formula is C14H19N3O4S. The SMILES string of the molecule is CCOC(=O)CNC(=O)N1CCC(c2nc(C=O)cs2)CC1. The molecule has 7 nitrogen and oxygen atoms in total. The molecule has 2 rings (SSSR count). The first-order valence-electron chi connectivity index (χ1n) is 7.23. The van der Waals surface area contributed by atoms with Crippen LogP contribution in [0.15, 0.2) is 5.38 Å². The van der Waals surface area contributed by atoms with Gasteiger partial charge < -0.3 is 15.0 Å². The van der Waals surface area contributed by atoms with Crippen LogP contribution in [0.3, 0.4) is 0 Å². The van der Waals surface area contributed by atoms with Crippen molar-refractivity contribution in [3.63, 3.8) is 0 Å². The number of ether oxygens (including phenoxy) is 1. The summed E-state index contributed by atoms with van der Waals surface area (Å²) in [5.74, 6) is -0.150. The average Bonchev–Trinajstić information content (AvgIpc) is 3.02. The topological polar surface area (TPSA) is 88.6 Å². The van der Waals surface area contributed by atoms with Gasteiger partial charge in [0.25, 0.3) is 0 Å². The number of nitrogens with one attached hydrogen (secondary N) is 1. The maximum atomic E-state index is 11.9. The Balaban J connectivity index is 1.77. The van der Waals surface area contributed by atoms with E-state index in [1.807, 2.05) is 0 Å². The van der Waals surface area contributed by atoms with E-state index < -0.39 is 5.97 Å². The molecule has 8 heteroatoms. The first kappa shape index (κ1) is 16.4. The number of thiazole rings is 1. The Labute approximate surface area is 132 Å². The van der Waals surface area contributed by atoms with Gasteiger partial charge in [-0.3, -0.25) is 9.59 Å². The maximum Gasteiger partial charge on any atom is 0.325 e. The third kappa shape index (κ3) is 4.27. The second-order valence-electron chi connectivity index (χ2n) is 4.95. The standard InChI is InChI=1S/C14H19N3O4S/c1-2-21-12(19)7-15-14(20)17-5-3-10(4-6-17)13-16-11(8-18)9-22-13/h8-10H,2-7H2,1H3,(H,15,20). The van der Waals surface area contributed by atoms with Crippen molar-refractivity contribution in [3.8, 4) is 0 Å². The number of likely N-dealkylation sites (tertiary alicyclic amines) is 1. The van der Waals surface area contributed by atoms with Crippen LogP contribution in [0, 0.1) is 0 Å². The summed E-state index contributed by atoms with van der Waals surface area (Å²) >= 11 is 1.49. The van der Waals surface area contributed by atoms with Gasteiger partial charge in [0.05, 0.1) is 11.6 Å². The van der Waals surface area contributed by atoms with Crippen LogP contribution >= 0.6 is 11.3 Å². The van der Waals surface area contributed by atoms with E-state index in [4.69, 9.17) is 4.74 Å². The molecule has 0 spiro atoms. The number of aromatic nitrogens is 1. The Morgan fingerprint density at radius 2 is 2.23 bits per heavy atom. The molecule has 120 valence electrons. The maximum absolute atomic E-state index is 11.9. The molecule has 0 radical (unpaired) electrons. The van der Waals surface area contributed by atoms with Crippen LogP contribution < -0.4 is 5.32 Å². The lowest BCUT2D eigenvalue weighted by Gasteiger charge is -2.31. The number of hydrogen-bond donors (Lipinski definition) is 1. The van der Waals surface area contributed by atoms with Gasteiger partial charge >= 0.3 is 12.0 Å². The average molecular weight is 325 g/mol. The van der Waals surface area contributed by atoms with Gasteiger partial charge in [-0.15, -0.1) is 11.3 Å². The molecule has 1 aromatic heterocycles. The monoisotopic (exact) mass is 325 g/mol. The molecule has 1 saturated heterocycles. The fourth-order valence-electron chi connectivity index (χ4n) is 2.34. The summed E-state index contributed by atoms with van der Waals surface area (Å²) < 4.78 is 4.76. The van der Waals surface area contributed by atoms with Crippen molar-refractivity contribution in [1.29, 1.82) is 0 Å². The quantitative estimate of drug-likeness (QED) is 0.653. The van der Waals surface area contributed by atoms with Crippen molar-refractivity contribution in [2.45, 2.75) is 25.7 Å². The Kier molecular flexibility index (Phi) is 5.88. The summed E-state index contributed by atoms with van der Waals surface area (Å²) in [4.78, 5) is 39.8. The van der Waals surface area contributed by atoms with E-state index in [0.717, 1.165) is 24.1 Å². The molecule has 1 N–H and O–H groups in total. The minimum absolute atomic E-state index is 0.109. The normalized spacial score (nSPS) is 15.4. The highest BCUT2D eigenvalue weighted by atomic mass is 32.1. The van der Waals surface area contributed by atoms with Crippen LogP contribution in [-0.4, -0.2) is 54.4 Å². The molecule has 0 aliphatic carbocycles. The molecule has 0 atom stereocenters. The van der Waals surface area contributed by atoms with E-state index in [9.17, 15) is 14.4 Å². The van der Waals surface area contributed by atoms with Crippen LogP contribution in [0.1, 0.15) is 41.2 Å². The number of nitrogens with zero attached hydrogens (tertiary/aromatic N) is 2. The number of rotatable bonds is 5. The summed E-state index contributed by atoms with van der Waals surface area (Å²) in [5.41, 5.74) is 0.467. The predicted octanol–water partition coefficient (Wildman–Crippen LogP) is 1.41. The molecule has 0 unspecified atom stereocenters. The van der Waals surface area contributed by atoms with Crippen molar-refractivity contribution < 1.29 is 19.1 Å². The van der Waals surface area contributed by atoms with Crippen LogP contribution in [-0.2, 0) is 9.53 Å².